The molecular formula is C14H21N3O3. The van der Waals surface area contributed by atoms with E-state index in [-0.39, 0.29) is 6.10 Å². The number of furan rings is 1. The van der Waals surface area contributed by atoms with Gasteiger partial charge < -0.3 is 19.4 Å². The highest BCUT2D eigenvalue weighted by molar-refractivity contribution is 5.55. The van der Waals surface area contributed by atoms with Gasteiger partial charge in [-0.25, -0.2) is 0 Å². The third-order valence-electron chi connectivity index (χ3n) is 2.95. The molecule has 0 saturated carbocycles. The number of nitrogens with two attached hydrogens (primary N) is 1. The van der Waals surface area contributed by atoms with Crippen LogP contribution in [-0.2, 0) is 16.7 Å². The third-order valence-corrected chi connectivity index (χ3v) is 2.95. The van der Waals surface area contributed by atoms with E-state index in [4.69, 9.17) is 19.4 Å². The predicted octanol–water partition coefficient (Wildman–Crippen LogP) is 2.49. The summed E-state index contributed by atoms with van der Waals surface area (Å²) in [4.78, 5) is 4.37. The second-order valence-corrected chi connectivity index (χ2v) is 5.31. The smallest absolute Gasteiger partial charge is 0.261 e. The van der Waals surface area contributed by atoms with Crippen LogP contribution in [0.1, 0.15) is 39.3 Å². The Morgan fingerprint density at radius 1 is 1.45 bits per heavy atom. The zero-order valence-electron chi connectivity index (χ0n) is 12.3. The van der Waals surface area contributed by atoms with E-state index in [0.29, 0.717) is 18.3 Å². The van der Waals surface area contributed by atoms with E-state index in [1.165, 1.54) is 0 Å². The molecule has 0 saturated heterocycles. The van der Waals surface area contributed by atoms with Crippen molar-refractivity contribution in [3.05, 3.63) is 23.9 Å². The molecule has 0 fully saturated rings. The molecular weight excluding hydrogens is 258 g/mol. The number of hydrogen-bond acceptors (Lipinski definition) is 6. The fourth-order valence-corrected chi connectivity index (χ4v) is 1.77. The minimum Gasteiger partial charge on any atom is -0.469 e. The van der Waals surface area contributed by atoms with Crippen molar-refractivity contribution in [1.29, 1.82) is 0 Å². The summed E-state index contributed by atoms with van der Waals surface area (Å²) in [5.41, 5.74) is 6.21. The number of aromatic nitrogens is 2. The third kappa shape index (κ3) is 3.08. The zero-order chi connectivity index (χ0) is 14.8. The Morgan fingerprint density at radius 2 is 2.20 bits per heavy atom. The lowest BCUT2D eigenvalue weighted by molar-refractivity contribution is 0.0410. The Kier molecular flexibility index (Phi) is 4.25. The molecule has 2 aromatic rings. The van der Waals surface area contributed by atoms with Gasteiger partial charge in [-0.2, -0.15) is 4.98 Å². The van der Waals surface area contributed by atoms with Crippen LogP contribution in [0.15, 0.2) is 21.3 Å². The van der Waals surface area contributed by atoms with Crippen molar-refractivity contribution >= 4 is 0 Å². The maximum Gasteiger partial charge on any atom is 0.261 e. The molecule has 6 heteroatoms. The van der Waals surface area contributed by atoms with Gasteiger partial charge in [0.1, 0.15) is 11.3 Å². The molecule has 0 spiro atoms. The van der Waals surface area contributed by atoms with Crippen LogP contribution in [0.2, 0.25) is 0 Å². The van der Waals surface area contributed by atoms with Crippen molar-refractivity contribution in [3.63, 3.8) is 0 Å². The molecule has 0 amide bonds. The average molecular weight is 279 g/mol. The van der Waals surface area contributed by atoms with E-state index in [2.05, 4.69) is 10.1 Å². The van der Waals surface area contributed by atoms with Crippen LogP contribution in [0.25, 0.3) is 11.5 Å². The topological polar surface area (TPSA) is 87.3 Å². The highest BCUT2D eigenvalue weighted by Gasteiger charge is 2.29. The second kappa shape index (κ2) is 5.76. The van der Waals surface area contributed by atoms with Crippen LogP contribution in [0.4, 0.5) is 0 Å². The van der Waals surface area contributed by atoms with Crippen molar-refractivity contribution in [1.82, 2.24) is 10.1 Å². The Labute approximate surface area is 118 Å². The molecule has 2 aromatic heterocycles. The fraction of sp³-hybridized carbons (Fsp3) is 0.571. The molecule has 0 aromatic carbocycles. The highest BCUT2D eigenvalue weighted by atomic mass is 16.5. The Bertz CT molecular complexity index is 558. The summed E-state index contributed by atoms with van der Waals surface area (Å²) in [6.07, 6.45) is 2.47. The molecule has 2 N–H and O–H groups in total. The lowest BCUT2D eigenvalue weighted by Crippen LogP contribution is -2.40. The SMILES string of the molecule is CCc1occc1-c1nc(C(C)(N)COC(C)C)no1. The van der Waals surface area contributed by atoms with Crippen LogP contribution in [0, 0.1) is 0 Å². The van der Waals surface area contributed by atoms with Crippen LogP contribution in [-0.4, -0.2) is 22.9 Å². The summed E-state index contributed by atoms with van der Waals surface area (Å²) in [7, 11) is 0. The Morgan fingerprint density at radius 3 is 2.85 bits per heavy atom. The molecule has 0 bridgehead atoms. The van der Waals surface area contributed by atoms with Crippen molar-refractivity contribution in [3.8, 4) is 11.5 Å². The van der Waals surface area contributed by atoms with Crippen molar-refractivity contribution in [2.75, 3.05) is 6.61 Å². The van der Waals surface area contributed by atoms with Crippen LogP contribution in [0.3, 0.4) is 0 Å². The Hall–Kier alpha value is -1.66. The van der Waals surface area contributed by atoms with E-state index in [0.717, 1.165) is 17.7 Å². The predicted molar refractivity (Wildman–Crippen MR) is 74.0 cm³/mol. The summed E-state index contributed by atoms with van der Waals surface area (Å²) in [6.45, 7) is 8.06. The molecule has 2 rings (SSSR count). The maximum absolute atomic E-state index is 6.19. The molecule has 1 atom stereocenters. The number of rotatable bonds is 6. The van der Waals surface area contributed by atoms with Gasteiger partial charge >= 0.3 is 0 Å². The molecule has 1 unspecified atom stereocenters. The lowest BCUT2D eigenvalue weighted by Gasteiger charge is -2.21. The molecule has 0 aliphatic carbocycles. The lowest BCUT2D eigenvalue weighted by atomic mass is 10.1. The number of hydrogen-bond donors (Lipinski definition) is 1. The molecule has 0 aliphatic heterocycles. The van der Waals surface area contributed by atoms with Gasteiger partial charge in [-0.3, -0.25) is 0 Å². The van der Waals surface area contributed by atoms with Gasteiger partial charge in [0.2, 0.25) is 0 Å². The standard InChI is InChI=1S/C14H21N3O3/c1-5-11-10(6-7-18-11)12-16-13(17-20-12)14(4,15)8-19-9(2)3/h6-7,9H,5,8,15H2,1-4H3. The summed E-state index contributed by atoms with van der Waals surface area (Å²) >= 11 is 0. The van der Waals surface area contributed by atoms with E-state index in [9.17, 15) is 0 Å². The Balaban J connectivity index is 2.20. The van der Waals surface area contributed by atoms with Gasteiger partial charge in [-0.15, -0.1) is 0 Å². The minimum atomic E-state index is -0.790. The fourth-order valence-electron chi connectivity index (χ4n) is 1.77. The summed E-state index contributed by atoms with van der Waals surface area (Å²) in [6, 6.07) is 1.81. The van der Waals surface area contributed by atoms with Crippen molar-refractivity contribution in [2.24, 2.45) is 5.73 Å². The minimum absolute atomic E-state index is 0.102. The first-order valence-electron chi connectivity index (χ1n) is 6.75. The monoisotopic (exact) mass is 279 g/mol. The largest absolute Gasteiger partial charge is 0.469 e. The van der Waals surface area contributed by atoms with Crippen LogP contribution in [0.5, 0.6) is 0 Å². The molecule has 2 heterocycles. The van der Waals surface area contributed by atoms with E-state index < -0.39 is 5.54 Å². The summed E-state index contributed by atoms with van der Waals surface area (Å²) < 4.78 is 16.2. The van der Waals surface area contributed by atoms with Gasteiger partial charge in [0, 0.05) is 6.42 Å². The second-order valence-electron chi connectivity index (χ2n) is 5.31. The van der Waals surface area contributed by atoms with Gasteiger partial charge in [-0.05, 0) is 26.8 Å². The van der Waals surface area contributed by atoms with Gasteiger partial charge in [0.15, 0.2) is 5.82 Å². The van der Waals surface area contributed by atoms with Crippen molar-refractivity contribution < 1.29 is 13.7 Å². The molecule has 6 nitrogen and oxygen atoms in total. The first-order valence-corrected chi connectivity index (χ1v) is 6.75. The average Bonchev–Trinajstić information content (AvgIpc) is 3.04. The summed E-state index contributed by atoms with van der Waals surface area (Å²) in [5.74, 6) is 1.67. The number of nitrogens with zero attached hydrogens (tertiary/aromatic N) is 2. The number of aryl methyl sites for hydroxylation is 1. The van der Waals surface area contributed by atoms with E-state index >= 15 is 0 Å². The molecule has 20 heavy (non-hydrogen) atoms. The van der Waals surface area contributed by atoms with Gasteiger partial charge in [0.25, 0.3) is 5.89 Å². The quantitative estimate of drug-likeness (QED) is 0.874. The van der Waals surface area contributed by atoms with Crippen molar-refractivity contribution in [2.45, 2.75) is 45.8 Å². The van der Waals surface area contributed by atoms with E-state index in [1.807, 2.05) is 33.8 Å². The molecule has 110 valence electrons. The molecule has 0 aliphatic rings. The van der Waals surface area contributed by atoms with Crippen LogP contribution < -0.4 is 5.73 Å². The van der Waals surface area contributed by atoms with Gasteiger partial charge in [0.05, 0.1) is 24.5 Å². The van der Waals surface area contributed by atoms with E-state index in [1.54, 1.807) is 6.26 Å². The maximum atomic E-state index is 6.19. The zero-order valence-corrected chi connectivity index (χ0v) is 12.3. The molecule has 0 radical (unpaired) electrons. The normalized spacial score (nSPS) is 14.7. The van der Waals surface area contributed by atoms with Crippen LogP contribution >= 0.6 is 0 Å². The first kappa shape index (κ1) is 14.7. The van der Waals surface area contributed by atoms with Gasteiger partial charge in [-0.1, -0.05) is 12.1 Å². The highest BCUT2D eigenvalue weighted by Crippen LogP contribution is 2.26. The first-order chi connectivity index (χ1) is 9.44. The summed E-state index contributed by atoms with van der Waals surface area (Å²) in [5, 5.41) is 3.96. The number of ether oxygens (including phenoxy) is 1.